The SMILES string of the molecule is O=C(CCc1nc(-c2cccnc2)no1)NC(Cc1ccsc1)c1cccnc1. The Morgan fingerprint density at radius 3 is 2.72 bits per heavy atom. The highest BCUT2D eigenvalue weighted by atomic mass is 32.1. The fraction of sp³-hybridized carbons (Fsp3) is 0.190. The summed E-state index contributed by atoms with van der Waals surface area (Å²) in [5.74, 6) is 0.823. The fourth-order valence-corrected chi connectivity index (χ4v) is 3.62. The minimum Gasteiger partial charge on any atom is -0.349 e. The second-order valence-corrected chi connectivity index (χ2v) is 7.28. The first kappa shape index (κ1) is 18.9. The van der Waals surface area contributed by atoms with E-state index in [1.165, 1.54) is 5.56 Å². The number of carbonyl (C=O) groups is 1. The number of rotatable bonds is 8. The molecule has 146 valence electrons. The van der Waals surface area contributed by atoms with Gasteiger partial charge in [-0.1, -0.05) is 11.2 Å². The standard InChI is InChI=1S/C21H19N5O2S/c27-19(5-6-20-25-21(26-28-20)17-4-2-9-23-13-17)24-18(11-15-7-10-29-14-15)16-3-1-8-22-12-16/h1-4,7-10,12-14,18H,5-6,11H2,(H,24,27). The van der Waals surface area contributed by atoms with Crippen LogP contribution in [0.15, 0.2) is 70.4 Å². The Labute approximate surface area is 171 Å². The number of carbonyl (C=O) groups excluding carboxylic acids is 1. The molecule has 8 heteroatoms. The molecular formula is C21H19N5O2S. The number of hydrogen-bond acceptors (Lipinski definition) is 7. The van der Waals surface area contributed by atoms with Crippen LogP contribution >= 0.6 is 11.3 Å². The molecule has 0 fully saturated rings. The lowest BCUT2D eigenvalue weighted by molar-refractivity contribution is -0.121. The van der Waals surface area contributed by atoms with Crippen LogP contribution in [0.25, 0.3) is 11.4 Å². The van der Waals surface area contributed by atoms with Gasteiger partial charge in [0, 0.05) is 43.2 Å². The first-order valence-corrected chi connectivity index (χ1v) is 10.2. The van der Waals surface area contributed by atoms with Crippen LogP contribution in [0.5, 0.6) is 0 Å². The van der Waals surface area contributed by atoms with Crippen molar-refractivity contribution in [3.8, 4) is 11.4 Å². The number of amides is 1. The lowest BCUT2D eigenvalue weighted by Gasteiger charge is -2.18. The van der Waals surface area contributed by atoms with E-state index in [0.29, 0.717) is 24.6 Å². The Morgan fingerprint density at radius 2 is 2.00 bits per heavy atom. The van der Waals surface area contributed by atoms with Crippen molar-refractivity contribution < 1.29 is 9.32 Å². The zero-order chi connectivity index (χ0) is 19.9. The minimum atomic E-state index is -0.139. The van der Waals surface area contributed by atoms with Crippen molar-refractivity contribution in [2.24, 2.45) is 0 Å². The molecule has 0 aliphatic heterocycles. The average Bonchev–Trinajstić information content (AvgIpc) is 3.45. The maximum Gasteiger partial charge on any atom is 0.227 e. The number of pyridine rings is 2. The second kappa shape index (κ2) is 9.20. The number of thiophene rings is 1. The van der Waals surface area contributed by atoms with E-state index in [9.17, 15) is 4.79 Å². The van der Waals surface area contributed by atoms with Gasteiger partial charge in [0.15, 0.2) is 0 Å². The maximum absolute atomic E-state index is 12.6. The predicted molar refractivity (Wildman–Crippen MR) is 109 cm³/mol. The van der Waals surface area contributed by atoms with E-state index < -0.39 is 0 Å². The molecule has 0 aromatic carbocycles. The number of hydrogen-bond donors (Lipinski definition) is 1. The van der Waals surface area contributed by atoms with Gasteiger partial charge in [0.1, 0.15) is 0 Å². The van der Waals surface area contributed by atoms with Crippen molar-refractivity contribution in [3.63, 3.8) is 0 Å². The van der Waals surface area contributed by atoms with E-state index in [0.717, 1.165) is 11.1 Å². The van der Waals surface area contributed by atoms with Crippen molar-refractivity contribution in [2.75, 3.05) is 0 Å². The molecule has 29 heavy (non-hydrogen) atoms. The molecule has 1 unspecified atom stereocenters. The first-order chi connectivity index (χ1) is 14.3. The topological polar surface area (TPSA) is 93.8 Å². The van der Waals surface area contributed by atoms with Crippen molar-refractivity contribution in [3.05, 3.63) is 82.9 Å². The lowest BCUT2D eigenvalue weighted by atomic mass is 10.0. The summed E-state index contributed by atoms with van der Waals surface area (Å²) in [6, 6.07) is 9.45. The molecular weight excluding hydrogens is 386 g/mol. The van der Waals surface area contributed by atoms with Crippen LogP contribution in [0, 0.1) is 0 Å². The van der Waals surface area contributed by atoms with Gasteiger partial charge in [0.25, 0.3) is 0 Å². The van der Waals surface area contributed by atoms with E-state index in [1.807, 2.05) is 29.6 Å². The quantitative estimate of drug-likeness (QED) is 0.481. The molecule has 4 rings (SSSR count). The van der Waals surface area contributed by atoms with Crippen molar-refractivity contribution in [1.82, 2.24) is 25.4 Å². The summed E-state index contributed by atoms with van der Waals surface area (Å²) >= 11 is 1.64. The summed E-state index contributed by atoms with van der Waals surface area (Å²) in [6.45, 7) is 0. The van der Waals surface area contributed by atoms with E-state index in [-0.39, 0.29) is 18.4 Å². The Balaban J connectivity index is 1.37. The van der Waals surface area contributed by atoms with Crippen molar-refractivity contribution >= 4 is 17.2 Å². The average molecular weight is 405 g/mol. The summed E-state index contributed by atoms with van der Waals surface area (Å²) in [6.07, 6.45) is 8.21. The monoisotopic (exact) mass is 405 g/mol. The minimum absolute atomic E-state index is 0.0739. The van der Waals surface area contributed by atoms with Crippen molar-refractivity contribution in [2.45, 2.75) is 25.3 Å². The molecule has 0 aliphatic rings. The summed E-state index contributed by atoms with van der Waals surface area (Å²) in [5, 5.41) is 11.2. The molecule has 4 aromatic heterocycles. The molecule has 0 bridgehead atoms. The molecule has 4 aromatic rings. The second-order valence-electron chi connectivity index (χ2n) is 6.50. The molecule has 1 amide bonds. The van der Waals surface area contributed by atoms with E-state index in [1.54, 1.807) is 36.1 Å². The molecule has 0 saturated heterocycles. The van der Waals surface area contributed by atoms with Crippen molar-refractivity contribution in [1.29, 1.82) is 0 Å². The zero-order valence-electron chi connectivity index (χ0n) is 15.6. The van der Waals surface area contributed by atoms with Gasteiger partial charge < -0.3 is 9.84 Å². The fourth-order valence-electron chi connectivity index (χ4n) is 2.93. The molecule has 0 spiro atoms. The third-order valence-electron chi connectivity index (χ3n) is 4.40. The van der Waals surface area contributed by atoms with Gasteiger partial charge in [0.2, 0.25) is 17.6 Å². The summed E-state index contributed by atoms with van der Waals surface area (Å²) in [7, 11) is 0. The largest absolute Gasteiger partial charge is 0.349 e. The van der Waals surface area contributed by atoms with Crippen LogP contribution in [-0.4, -0.2) is 26.0 Å². The van der Waals surface area contributed by atoms with Crippen LogP contribution in [0.1, 0.15) is 29.5 Å². The Morgan fingerprint density at radius 1 is 1.14 bits per heavy atom. The van der Waals surface area contributed by atoms with Crippen LogP contribution < -0.4 is 5.32 Å². The third kappa shape index (κ3) is 5.11. The molecule has 0 saturated carbocycles. The normalized spacial score (nSPS) is 11.9. The highest BCUT2D eigenvalue weighted by Gasteiger charge is 2.17. The maximum atomic E-state index is 12.6. The molecule has 7 nitrogen and oxygen atoms in total. The molecule has 1 atom stereocenters. The van der Waals surface area contributed by atoms with Gasteiger partial charge in [-0.3, -0.25) is 14.8 Å². The molecule has 0 aliphatic carbocycles. The Kier molecular flexibility index (Phi) is 6.01. The predicted octanol–water partition coefficient (Wildman–Crippen LogP) is 3.62. The van der Waals surface area contributed by atoms with Gasteiger partial charge in [-0.2, -0.15) is 16.3 Å². The van der Waals surface area contributed by atoms with Crippen LogP contribution in [0.2, 0.25) is 0 Å². The number of nitrogens with one attached hydrogen (secondary N) is 1. The number of aromatic nitrogens is 4. The number of aryl methyl sites for hydroxylation is 1. The summed E-state index contributed by atoms with van der Waals surface area (Å²) < 4.78 is 5.27. The van der Waals surface area contributed by atoms with Crippen LogP contribution in [0.4, 0.5) is 0 Å². The highest BCUT2D eigenvalue weighted by Crippen LogP contribution is 2.20. The zero-order valence-corrected chi connectivity index (χ0v) is 16.4. The number of nitrogens with zero attached hydrogens (tertiary/aromatic N) is 4. The van der Waals surface area contributed by atoms with E-state index in [4.69, 9.17) is 4.52 Å². The molecule has 0 radical (unpaired) electrons. The van der Waals surface area contributed by atoms with Gasteiger partial charge in [0.05, 0.1) is 6.04 Å². The van der Waals surface area contributed by atoms with Gasteiger partial charge >= 0.3 is 0 Å². The van der Waals surface area contributed by atoms with E-state index >= 15 is 0 Å². The molecule has 4 heterocycles. The van der Waals surface area contributed by atoms with Crippen LogP contribution in [-0.2, 0) is 17.6 Å². The van der Waals surface area contributed by atoms with Gasteiger partial charge in [-0.15, -0.1) is 0 Å². The third-order valence-corrected chi connectivity index (χ3v) is 5.13. The van der Waals surface area contributed by atoms with Gasteiger partial charge in [-0.25, -0.2) is 0 Å². The summed E-state index contributed by atoms with van der Waals surface area (Å²) in [5.41, 5.74) is 2.94. The lowest BCUT2D eigenvalue weighted by Crippen LogP contribution is -2.30. The first-order valence-electron chi connectivity index (χ1n) is 9.21. The Hall–Kier alpha value is -3.39. The molecule has 1 N–H and O–H groups in total. The van der Waals surface area contributed by atoms with E-state index in [2.05, 4.69) is 36.9 Å². The summed E-state index contributed by atoms with van der Waals surface area (Å²) in [4.78, 5) is 25.1. The van der Waals surface area contributed by atoms with Gasteiger partial charge in [-0.05, 0) is 52.6 Å². The highest BCUT2D eigenvalue weighted by molar-refractivity contribution is 7.07. The smallest absolute Gasteiger partial charge is 0.227 e. The van der Waals surface area contributed by atoms with Crippen LogP contribution in [0.3, 0.4) is 0 Å². The Bertz CT molecular complexity index is 1040.